The Morgan fingerprint density at radius 1 is 1.06 bits per heavy atom. The van der Waals surface area contributed by atoms with Crippen LogP contribution in [0.4, 0.5) is 0 Å². The van der Waals surface area contributed by atoms with Crippen LogP contribution in [0.3, 0.4) is 0 Å². The van der Waals surface area contributed by atoms with Gasteiger partial charge in [-0.3, -0.25) is 14.2 Å². The van der Waals surface area contributed by atoms with Crippen LogP contribution in [0.15, 0.2) is 65.5 Å². The van der Waals surface area contributed by atoms with E-state index in [0.717, 1.165) is 30.0 Å². The number of carbonyl (C=O) groups excluding carboxylic acids is 2. The van der Waals surface area contributed by atoms with Crippen LogP contribution in [-0.2, 0) is 17.7 Å². The Balaban J connectivity index is 1.53. The molecule has 4 aromatic rings. The van der Waals surface area contributed by atoms with Crippen molar-refractivity contribution in [2.45, 2.75) is 32.4 Å². The van der Waals surface area contributed by atoms with E-state index in [1.54, 1.807) is 60.0 Å². The molecule has 2 aromatic heterocycles. The topological polar surface area (TPSA) is 78.3 Å². The van der Waals surface area contributed by atoms with Gasteiger partial charge < -0.3 is 4.74 Å². The third-order valence-electron chi connectivity index (χ3n) is 5.72. The smallest absolute Gasteiger partial charge is 0.349 e. The summed E-state index contributed by atoms with van der Waals surface area (Å²) < 4.78 is 7.46. The summed E-state index contributed by atoms with van der Waals surface area (Å²) in [6, 6.07) is 17.7. The predicted octanol–water partition coefficient (Wildman–Crippen LogP) is 4.49. The number of esters is 1. The second kappa shape index (κ2) is 8.16. The average Bonchev–Trinajstić information content (AvgIpc) is 3.43. The quantitative estimate of drug-likeness (QED) is 0.335. The predicted molar refractivity (Wildman–Crippen MR) is 122 cm³/mol. The molecule has 1 atom stereocenters. The lowest BCUT2D eigenvalue weighted by Crippen LogP contribution is -2.21. The number of aryl methyl sites for hydroxylation is 2. The molecular weight excluding hydrogens is 424 g/mol. The zero-order valence-corrected chi connectivity index (χ0v) is 18.2. The molecule has 2 aromatic carbocycles. The first-order valence-corrected chi connectivity index (χ1v) is 11.2. The van der Waals surface area contributed by atoms with Gasteiger partial charge in [-0.15, -0.1) is 11.3 Å². The maximum absolute atomic E-state index is 13.2. The molecular formula is C25H20N2O4S. The van der Waals surface area contributed by atoms with Gasteiger partial charge in [0.2, 0.25) is 5.78 Å². The summed E-state index contributed by atoms with van der Waals surface area (Å²) in [7, 11) is 0. The van der Waals surface area contributed by atoms with Gasteiger partial charge in [-0.05, 0) is 18.9 Å². The molecule has 1 aliphatic heterocycles. The molecule has 0 radical (unpaired) electrons. The first kappa shape index (κ1) is 20.3. The molecule has 0 bridgehead atoms. The number of benzene rings is 2. The minimum absolute atomic E-state index is 0.115. The van der Waals surface area contributed by atoms with Crippen molar-refractivity contribution in [3.63, 3.8) is 0 Å². The van der Waals surface area contributed by atoms with Crippen molar-refractivity contribution < 1.29 is 14.3 Å². The standard InChI is InChI=1S/C25H20N2O4S/c1-15-19-23(26-18-13-8-14-27(18)24(19)29)32-22(15)25(30)31-21(17-11-6-3-7-12-17)20(28)16-9-4-2-5-10-16/h2-7,9-12,21H,8,13-14H2,1H3. The van der Waals surface area contributed by atoms with Crippen LogP contribution < -0.4 is 5.56 Å². The maximum Gasteiger partial charge on any atom is 0.349 e. The first-order chi connectivity index (χ1) is 15.5. The minimum atomic E-state index is -1.09. The molecule has 0 amide bonds. The lowest BCUT2D eigenvalue weighted by molar-refractivity contribution is 0.0284. The fourth-order valence-electron chi connectivity index (χ4n) is 4.09. The summed E-state index contributed by atoms with van der Waals surface area (Å²) in [5.74, 6) is -0.181. The van der Waals surface area contributed by atoms with Gasteiger partial charge in [0.1, 0.15) is 15.5 Å². The van der Waals surface area contributed by atoms with Gasteiger partial charge in [-0.2, -0.15) is 0 Å². The Kier molecular flexibility index (Phi) is 5.19. The van der Waals surface area contributed by atoms with Crippen molar-refractivity contribution in [1.29, 1.82) is 0 Å². The lowest BCUT2D eigenvalue weighted by atomic mass is 10.00. The number of carbonyl (C=O) groups is 2. The van der Waals surface area contributed by atoms with Crippen molar-refractivity contribution in [2.75, 3.05) is 0 Å². The van der Waals surface area contributed by atoms with E-state index in [1.165, 1.54) is 0 Å². The van der Waals surface area contributed by atoms with E-state index in [-0.39, 0.29) is 11.3 Å². The number of hydrogen-bond donors (Lipinski definition) is 0. The number of fused-ring (bicyclic) bond motifs is 2. The fraction of sp³-hybridized carbons (Fsp3) is 0.200. The molecule has 1 unspecified atom stereocenters. The highest BCUT2D eigenvalue weighted by Gasteiger charge is 2.30. The van der Waals surface area contributed by atoms with E-state index < -0.39 is 12.1 Å². The van der Waals surface area contributed by atoms with Crippen molar-refractivity contribution >= 4 is 33.3 Å². The van der Waals surface area contributed by atoms with E-state index in [9.17, 15) is 14.4 Å². The number of hydrogen-bond acceptors (Lipinski definition) is 6. The van der Waals surface area contributed by atoms with Crippen molar-refractivity contribution in [1.82, 2.24) is 9.55 Å². The zero-order valence-electron chi connectivity index (χ0n) is 17.4. The molecule has 0 fully saturated rings. The van der Waals surface area contributed by atoms with Gasteiger partial charge >= 0.3 is 5.97 Å². The van der Waals surface area contributed by atoms with Gasteiger partial charge in [0.15, 0.2) is 6.10 Å². The average molecular weight is 445 g/mol. The Labute approximate surface area is 188 Å². The van der Waals surface area contributed by atoms with Gasteiger partial charge in [0.05, 0.1) is 5.39 Å². The van der Waals surface area contributed by atoms with Crippen molar-refractivity contribution in [3.8, 4) is 0 Å². The van der Waals surface area contributed by atoms with Gasteiger partial charge in [-0.1, -0.05) is 60.7 Å². The second-order valence-corrected chi connectivity index (χ2v) is 8.75. The summed E-state index contributed by atoms with van der Waals surface area (Å²) in [5.41, 5.74) is 1.48. The number of ether oxygens (including phenoxy) is 1. The molecule has 0 spiro atoms. The fourth-order valence-corrected chi connectivity index (χ4v) is 5.16. The highest BCUT2D eigenvalue weighted by molar-refractivity contribution is 7.20. The molecule has 0 saturated carbocycles. The molecule has 1 aliphatic rings. The number of nitrogens with zero attached hydrogens (tertiary/aromatic N) is 2. The Morgan fingerprint density at radius 2 is 1.75 bits per heavy atom. The molecule has 3 heterocycles. The van der Waals surface area contributed by atoms with Crippen molar-refractivity contribution in [3.05, 3.63) is 98.4 Å². The van der Waals surface area contributed by atoms with Gasteiger partial charge in [0, 0.05) is 24.1 Å². The van der Waals surface area contributed by atoms with Gasteiger partial charge in [0.25, 0.3) is 5.56 Å². The van der Waals surface area contributed by atoms with Crippen LogP contribution in [-0.4, -0.2) is 21.3 Å². The molecule has 6 nitrogen and oxygen atoms in total. The van der Waals surface area contributed by atoms with Crippen molar-refractivity contribution in [2.24, 2.45) is 0 Å². The lowest BCUT2D eigenvalue weighted by Gasteiger charge is -2.17. The number of Topliss-reactive ketones (excluding diaryl/α,β-unsaturated/α-hetero) is 1. The van der Waals surface area contributed by atoms with Crippen LogP contribution in [0.2, 0.25) is 0 Å². The van der Waals surface area contributed by atoms with E-state index in [1.807, 2.05) is 12.1 Å². The molecule has 32 heavy (non-hydrogen) atoms. The van der Waals surface area contributed by atoms with E-state index in [0.29, 0.717) is 38.3 Å². The monoisotopic (exact) mass is 444 g/mol. The Bertz CT molecular complexity index is 1390. The summed E-state index contributed by atoms with van der Waals surface area (Å²) in [6.45, 7) is 2.38. The third kappa shape index (κ3) is 3.44. The minimum Gasteiger partial charge on any atom is -0.445 e. The molecule has 7 heteroatoms. The summed E-state index contributed by atoms with van der Waals surface area (Å²) in [5, 5.41) is 0.457. The molecule has 5 rings (SSSR count). The number of aromatic nitrogens is 2. The summed E-state index contributed by atoms with van der Waals surface area (Å²) >= 11 is 1.15. The number of thiophene rings is 1. The zero-order chi connectivity index (χ0) is 22.2. The first-order valence-electron chi connectivity index (χ1n) is 10.4. The Morgan fingerprint density at radius 3 is 2.47 bits per heavy atom. The van der Waals surface area contributed by atoms with Crippen LogP contribution in [0.1, 0.15) is 49.5 Å². The largest absolute Gasteiger partial charge is 0.445 e. The van der Waals surface area contributed by atoms with E-state index in [2.05, 4.69) is 4.98 Å². The molecule has 0 saturated heterocycles. The van der Waals surface area contributed by atoms with Gasteiger partial charge in [-0.25, -0.2) is 9.78 Å². The number of rotatable bonds is 5. The maximum atomic E-state index is 13.2. The highest BCUT2D eigenvalue weighted by Crippen LogP contribution is 2.31. The van der Waals surface area contributed by atoms with Crippen LogP contribution in [0.5, 0.6) is 0 Å². The van der Waals surface area contributed by atoms with Crippen LogP contribution in [0, 0.1) is 6.92 Å². The van der Waals surface area contributed by atoms with E-state index >= 15 is 0 Å². The Hall–Kier alpha value is -3.58. The second-order valence-electron chi connectivity index (χ2n) is 7.75. The molecule has 160 valence electrons. The summed E-state index contributed by atoms with van der Waals surface area (Å²) in [4.78, 5) is 44.8. The SMILES string of the molecule is Cc1c(C(=O)OC(C(=O)c2ccccc2)c2ccccc2)sc2nc3n(c(=O)c12)CCC3. The normalized spacial score (nSPS) is 13.7. The molecule has 0 aliphatic carbocycles. The summed E-state index contributed by atoms with van der Waals surface area (Å²) in [6.07, 6.45) is 0.562. The van der Waals surface area contributed by atoms with E-state index in [4.69, 9.17) is 4.74 Å². The number of ketones is 1. The highest BCUT2D eigenvalue weighted by atomic mass is 32.1. The van der Waals surface area contributed by atoms with Crippen LogP contribution >= 0.6 is 11.3 Å². The molecule has 0 N–H and O–H groups in total. The third-order valence-corrected chi connectivity index (χ3v) is 6.89. The van der Waals surface area contributed by atoms with Crippen LogP contribution in [0.25, 0.3) is 10.2 Å².